The van der Waals surface area contributed by atoms with E-state index in [1.165, 1.54) is 24.0 Å². The van der Waals surface area contributed by atoms with E-state index in [1.807, 2.05) is 0 Å². The van der Waals surface area contributed by atoms with Crippen molar-refractivity contribution in [2.75, 3.05) is 0 Å². The van der Waals surface area contributed by atoms with Gasteiger partial charge in [0.1, 0.15) is 0 Å². The molecule has 0 saturated heterocycles. The van der Waals surface area contributed by atoms with E-state index in [4.69, 9.17) is 0 Å². The van der Waals surface area contributed by atoms with Gasteiger partial charge in [0, 0.05) is 5.41 Å². The quantitative estimate of drug-likeness (QED) is 0.678. The standard InChI is InChI=1S/C20H24/c1-16-14-19(2,3)15-20(16,17-10-6-4-7-11-17)18-12-8-5-9-13-18/h4-13,16H,14-15H2,1-3H3. The fourth-order valence-corrected chi connectivity index (χ4v) is 4.42. The zero-order chi connectivity index (χ0) is 14.2. The number of hydrogen-bond donors (Lipinski definition) is 0. The first-order valence-corrected chi connectivity index (χ1v) is 7.66. The molecule has 2 aromatic carbocycles. The first kappa shape index (κ1) is 13.4. The second-order valence-corrected chi connectivity index (χ2v) is 7.15. The van der Waals surface area contributed by atoms with Gasteiger partial charge < -0.3 is 0 Å². The smallest absolute Gasteiger partial charge is 0.0233 e. The summed E-state index contributed by atoms with van der Waals surface area (Å²) < 4.78 is 0. The van der Waals surface area contributed by atoms with Gasteiger partial charge in [0.2, 0.25) is 0 Å². The van der Waals surface area contributed by atoms with Gasteiger partial charge in [-0.25, -0.2) is 0 Å². The zero-order valence-electron chi connectivity index (χ0n) is 12.8. The average molecular weight is 264 g/mol. The predicted molar refractivity (Wildman–Crippen MR) is 85.8 cm³/mol. The molecule has 0 N–H and O–H groups in total. The van der Waals surface area contributed by atoms with Crippen LogP contribution in [0.3, 0.4) is 0 Å². The Balaban J connectivity index is 2.20. The van der Waals surface area contributed by atoms with Gasteiger partial charge in [-0.15, -0.1) is 0 Å². The molecule has 0 radical (unpaired) electrons. The summed E-state index contributed by atoms with van der Waals surface area (Å²) in [7, 11) is 0. The van der Waals surface area contributed by atoms with E-state index in [2.05, 4.69) is 81.4 Å². The summed E-state index contributed by atoms with van der Waals surface area (Å²) in [6, 6.07) is 22.2. The fraction of sp³-hybridized carbons (Fsp3) is 0.400. The number of benzene rings is 2. The molecule has 2 aromatic rings. The summed E-state index contributed by atoms with van der Waals surface area (Å²) in [6.07, 6.45) is 2.52. The molecule has 0 bridgehead atoms. The van der Waals surface area contributed by atoms with Gasteiger partial charge in [-0.1, -0.05) is 81.4 Å². The largest absolute Gasteiger partial charge is 0.0622 e. The van der Waals surface area contributed by atoms with Crippen LogP contribution in [0.4, 0.5) is 0 Å². The van der Waals surface area contributed by atoms with Crippen LogP contribution in [-0.4, -0.2) is 0 Å². The molecule has 1 fully saturated rings. The molecule has 1 unspecified atom stereocenters. The Morgan fingerprint density at radius 3 is 1.60 bits per heavy atom. The van der Waals surface area contributed by atoms with E-state index in [1.54, 1.807) is 0 Å². The molecule has 1 aliphatic rings. The molecular weight excluding hydrogens is 240 g/mol. The lowest BCUT2D eigenvalue weighted by molar-refractivity contribution is 0.357. The molecule has 0 amide bonds. The highest BCUT2D eigenvalue weighted by Crippen LogP contribution is 2.57. The van der Waals surface area contributed by atoms with Crippen LogP contribution in [0.1, 0.15) is 44.7 Å². The molecule has 3 rings (SSSR count). The minimum absolute atomic E-state index is 0.173. The summed E-state index contributed by atoms with van der Waals surface area (Å²) in [5.41, 5.74) is 3.53. The Morgan fingerprint density at radius 2 is 1.25 bits per heavy atom. The highest BCUT2D eigenvalue weighted by Gasteiger charge is 2.50. The van der Waals surface area contributed by atoms with Gasteiger partial charge in [0.05, 0.1) is 0 Å². The van der Waals surface area contributed by atoms with E-state index in [9.17, 15) is 0 Å². The predicted octanol–water partition coefficient (Wildman–Crippen LogP) is 5.43. The Kier molecular flexibility index (Phi) is 3.20. The molecule has 1 aliphatic carbocycles. The molecular formula is C20H24. The Morgan fingerprint density at radius 1 is 0.800 bits per heavy atom. The van der Waals surface area contributed by atoms with E-state index >= 15 is 0 Å². The van der Waals surface area contributed by atoms with Crippen LogP contribution in [0.5, 0.6) is 0 Å². The van der Waals surface area contributed by atoms with Crippen molar-refractivity contribution in [3.8, 4) is 0 Å². The second-order valence-electron chi connectivity index (χ2n) is 7.15. The molecule has 20 heavy (non-hydrogen) atoms. The van der Waals surface area contributed by atoms with Crippen molar-refractivity contribution in [1.82, 2.24) is 0 Å². The van der Waals surface area contributed by atoms with Crippen LogP contribution in [-0.2, 0) is 5.41 Å². The molecule has 0 heteroatoms. The maximum absolute atomic E-state index is 2.43. The summed E-state index contributed by atoms with van der Waals surface area (Å²) in [5, 5.41) is 0. The van der Waals surface area contributed by atoms with Crippen LogP contribution < -0.4 is 0 Å². The Labute approximate surface area is 122 Å². The summed E-state index contributed by atoms with van der Waals surface area (Å²) in [4.78, 5) is 0. The van der Waals surface area contributed by atoms with E-state index < -0.39 is 0 Å². The van der Waals surface area contributed by atoms with Crippen molar-refractivity contribution in [1.29, 1.82) is 0 Å². The maximum atomic E-state index is 2.43. The Bertz CT molecular complexity index is 526. The van der Waals surface area contributed by atoms with Crippen LogP contribution in [0.15, 0.2) is 60.7 Å². The monoisotopic (exact) mass is 264 g/mol. The fourth-order valence-electron chi connectivity index (χ4n) is 4.42. The van der Waals surface area contributed by atoms with E-state index in [-0.39, 0.29) is 5.41 Å². The lowest BCUT2D eigenvalue weighted by atomic mass is 9.67. The third-order valence-corrected chi connectivity index (χ3v) is 5.04. The zero-order valence-corrected chi connectivity index (χ0v) is 12.8. The first-order valence-electron chi connectivity index (χ1n) is 7.66. The van der Waals surface area contributed by atoms with Crippen LogP contribution >= 0.6 is 0 Å². The van der Waals surface area contributed by atoms with Crippen LogP contribution in [0.25, 0.3) is 0 Å². The summed E-state index contributed by atoms with van der Waals surface area (Å²) >= 11 is 0. The van der Waals surface area contributed by atoms with Crippen molar-refractivity contribution < 1.29 is 0 Å². The third-order valence-electron chi connectivity index (χ3n) is 5.04. The lowest BCUT2D eigenvalue weighted by Crippen LogP contribution is -2.31. The van der Waals surface area contributed by atoms with Crippen molar-refractivity contribution >= 4 is 0 Å². The molecule has 0 aromatic heterocycles. The molecule has 0 nitrogen and oxygen atoms in total. The summed E-state index contributed by atoms with van der Waals surface area (Å²) in [6.45, 7) is 7.25. The molecule has 0 aliphatic heterocycles. The number of hydrogen-bond acceptors (Lipinski definition) is 0. The third kappa shape index (κ3) is 2.08. The van der Waals surface area contributed by atoms with E-state index in [0.717, 1.165) is 0 Å². The van der Waals surface area contributed by atoms with Crippen molar-refractivity contribution in [2.24, 2.45) is 11.3 Å². The summed E-state index contributed by atoms with van der Waals surface area (Å²) in [5.74, 6) is 0.669. The minimum Gasteiger partial charge on any atom is -0.0622 e. The normalized spacial score (nSPS) is 23.6. The second kappa shape index (κ2) is 4.77. The highest BCUT2D eigenvalue weighted by molar-refractivity contribution is 5.42. The van der Waals surface area contributed by atoms with E-state index in [0.29, 0.717) is 11.3 Å². The van der Waals surface area contributed by atoms with Gasteiger partial charge >= 0.3 is 0 Å². The number of rotatable bonds is 2. The van der Waals surface area contributed by atoms with Gasteiger partial charge in [0.25, 0.3) is 0 Å². The topological polar surface area (TPSA) is 0 Å². The average Bonchev–Trinajstić information content (AvgIpc) is 2.71. The molecule has 1 saturated carbocycles. The van der Waals surface area contributed by atoms with Gasteiger partial charge in [-0.3, -0.25) is 0 Å². The van der Waals surface area contributed by atoms with Crippen molar-refractivity contribution in [2.45, 2.75) is 39.0 Å². The van der Waals surface area contributed by atoms with Crippen LogP contribution in [0, 0.1) is 11.3 Å². The van der Waals surface area contributed by atoms with Gasteiger partial charge in [-0.05, 0) is 35.3 Å². The lowest BCUT2D eigenvalue weighted by Gasteiger charge is -2.36. The van der Waals surface area contributed by atoms with Crippen molar-refractivity contribution in [3.05, 3.63) is 71.8 Å². The SMILES string of the molecule is CC1CC(C)(C)CC1(c1ccccc1)c1ccccc1. The Hall–Kier alpha value is -1.56. The van der Waals surface area contributed by atoms with Crippen LogP contribution in [0.2, 0.25) is 0 Å². The minimum atomic E-state index is 0.173. The molecule has 0 heterocycles. The first-order chi connectivity index (χ1) is 9.55. The van der Waals surface area contributed by atoms with Gasteiger partial charge in [-0.2, -0.15) is 0 Å². The highest BCUT2D eigenvalue weighted by atomic mass is 14.5. The maximum Gasteiger partial charge on any atom is 0.0233 e. The molecule has 1 atom stereocenters. The molecule has 0 spiro atoms. The van der Waals surface area contributed by atoms with Gasteiger partial charge in [0.15, 0.2) is 0 Å². The molecule has 104 valence electrons. The van der Waals surface area contributed by atoms with Crippen molar-refractivity contribution in [3.63, 3.8) is 0 Å².